The maximum absolute atomic E-state index is 11.5. The van der Waals surface area contributed by atoms with E-state index in [2.05, 4.69) is 4.72 Å². The number of benzene rings is 1. The van der Waals surface area contributed by atoms with Gasteiger partial charge < -0.3 is 0 Å². The van der Waals surface area contributed by atoms with Crippen molar-refractivity contribution in [2.24, 2.45) is 0 Å². The minimum Gasteiger partial charge on any atom is -0.260 e. The summed E-state index contributed by atoms with van der Waals surface area (Å²) < 4.78 is 26.2. The van der Waals surface area contributed by atoms with Gasteiger partial charge in [0.25, 0.3) is 0 Å². The van der Waals surface area contributed by atoms with Gasteiger partial charge >= 0.3 is 10.2 Å². The molecule has 0 aliphatic rings. The molecule has 0 bridgehead atoms. The number of para-hydroxylation sites is 1. The molecular formula is C9H11N3O2S. The Morgan fingerprint density at radius 2 is 2.00 bits per heavy atom. The lowest BCUT2D eigenvalue weighted by Crippen LogP contribution is -2.36. The lowest BCUT2D eigenvalue weighted by molar-refractivity contribution is 0.586. The van der Waals surface area contributed by atoms with Crippen molar-refractivity contribution in [1.29, 1.82) is 5.26 Å². The second kappa shape index (κ2) is 4.29. The van der Waals surface area contributed by atoms with Crippen LogP contribution in [0.1, 0.15) is 5.56 Å². The van der Waals surface area contributed by atoms with E-state index in [0.29, 0.717) is 11.3 Å². The summed E-state index contributed by atoms with van der Waals surface area (Å²) in [7, 11) is -0.840. The molecule has 0 unspecified atom stereocenters. The molecule has 0 heterocycles. The van der Waals surface area contributed by atoms with Crippen molar-refractivity contribution in [2.75, 3.05) is 18.4 Å². The molecule has 0 aliphatic heterocycles. The first-order chi connectivity index (χ1) is 7.03. The van der Waals surface area contributed by atoms with E-state index in [-0.39, 0.29) is 0 Å². The zero-order valence-electron chi connectivity index (χ0n) is 8.43. The third-order valence-electron chi connectivity index (χ3n) is 1.98. The molecule has 80 valence electrons. The van der Waals surface area contributed by atoms with Crippen LogP contribution in [0.2, 0.25) is 0 Å². The van der Waals surface area contributed by atoms with Crippen molar-refractivity contribution >= 4 is 15.9 Å². The molecule has 0 radical (unpaired) electrons. The molecular weight excluding hydrogens is 214 g/mol. The fourth-order valence-electron chi connectivity index (χ4n) is 1.11. The molecule has 5 nitrogen and oxygen atoms in total. The second-order valence-corrected chi connectivity index (χ2v) is 4.71. The van der Waals surface area contributed by atoms with Crippen LogP contribution in [0.15, 0.2) is 24.3 Å². The molecule has 0 saturated carbocycles. The average Bonchev–Trinajstić information content (AvgIpc) is 2.28. The normalized spacial score (nSPS) is 10.7. The Bertz CT molecular complexity index is 490. The van der Waals surface area contributed by atoms with E-state index in [4.69, 9.17) is 5.26 Å². The van der Waals surface area contributed by atoms with Gasteiger partial charge in [0.05, 0.1) is 11.3 Å². The Hall–Kier alpha value is -1.58. The molecule has 15 heavy (non-hydrogen) atoms. The topological polar surface area (TPSA) is 73.2 Å². The predicted octanol–water partition coefficient (Wildman–Crippen LogP) is 0.459. The Labute approximate surface area is 89.1 Å². The lowest BCUT2D eigenvalue weighted by Gasteiger charge is -2.19. The molecule has 1 aromatic carbocycles. The van der Waals surface area contributed by atoms with Crippen LogP contribution in [0.25, 0.3) is 0 Å². The van der Waals surface area contributed by atoms with Crippen LogP contribution in [0.3, 0.4) is 0 Å². The van der Waals surface area contributed by atoms with Crippen LogP contribution in [0, 0.1) is 11.3 Å². The van der Waals surface area contributed by atoms with Crippen molar-refractivity contribution in [3.63, 3.8) is 0 Å². The van der Waals surface area contributed by atoms with E-state index in [1.807, 2.05) is 6.07 Å². The number of nitrogens with one attached hydrogen (secondary N) is 1. The van der Waals surface area contributed by atoms with Crippen molar-refractivity contribution < 1.29 is 8.42 Å². The smallest absolute Gasteiger partial charge is 0.260 e. The van der Waals surface area contributed by atoms with Gasteiger partial charge in [-0.15, -0.1) is 0 Å². The number of nitrogens with zero attached hydrogens (tertiary/aromatic N) is 2. The standard InChI is InChI=1S/C9H11N3O2S/c1-11-15(13,14)12(2)9-6-4-3-5-8(9)7-10/h3-6,11H,1-2H3. The summed E-state index contributed by atoms with van der Waals surface area (Å²) in [6, 6.07) is 8.44. The van der Waals surface area contributed by atoms with Crippen LogP contribution in [0.4, 0.5) is 5.69 Å². The molecule has 0 saturated heterocycles. The fourth-order valence-corrected chi connectivity index (χ4v) is 1.80. The van der Waals surface area contributed by atoms with Gasteiger partial charge in [0, 0.05) is 14.1 Å². The molecule has 0 spiro atoms. The molecule has 0 fully saturated rings. The van der Waals surface area contributed by atoms with E-state index in [9.17, 15) is 8.42 Å². The van der Waals surface area contributed by atoms with Crippen molar-refractivity contribution in [1.82, 2.24) is 4.72 Å². The zero-order valence-corrected chi connectivity index (χ0v) is 9.25. The number of hydrogen-bond acceptors (Lipinski definition) is 3. The molecule has 0 aromatic heterocycles. The van der Waals surface area contributed by atoms with Crippen molar-refractivity contribution in [3.05, 3.63) is 29.8 Å². The average molecular weight is 225 g/mol. The SMILES string of the molecule is CNS(=O)(=O)N(C)c1ccccc1C#N. The van der Waals surface area contributed by atoms with Gasteiger partial charge in [-0.3, -0.25) is 4.31 Å². The third-order valence-corrected chi connectivity index (χ3v) is 3.42. The molecule has 6 heteroatoms. The molecule has 0 aliphatic carbocycles. The molecule has 0 amide bonds. The summed E-state index contributed by atoms with van der Waals surface area (Å²) in [4.78, 5) is 0. The summed E-state index contributed by atoms with van der Waals surface area (Å²) in [5.74, 6) is 0. The summed E-state index contributed by atoms with van der Waals surface area (Å²) in [5.41, 5.74) is 0.674. The van der Waals surface area contributed by atoms with Gasteiger partial charge in [0.1, 0.15) is 6.07 Å². The van der Waals surface area contributed by atoms with Gasteiger partial charge in [0.2, 0.25) is 0 Å². The maximum atomic E-state index is 11.5. The van der Waals surface area contributed by atoms with Gasteiger partial charge in [-0.1, -0.05) is 12.1 Å². The molecule has 0 atom stereocenters. The van der Waals surface area contributed by atoms with Gasteiger partial charge in [-0.25, -0.2) is 4.72 Å². The Morgan fingerprint density at radius 3 is 2.53 bits per heavy atom. The zero-order chi connectivity index (χ0) is 11.5. The van der Waals surface area contributed by atoms with E-state index >= 15 is 0 Å². The van der Waals surface area contributed by atoms with Crippen LogP contribution < -0.4 is 9.03 Å². The number of hydrogen-bond donors (Lipinski definition) is 1. The molecule has 1 N–H and O–H groups in total. The minimum atomic E-state index is -3.55. The first-order valence-electron chi connectivity index (χ1n) is 4.19. The van der Waals surface area contributed by atoms with Crippen LogP contribution >= 0.6 is 0 Å². The Balaban J connectivity index is 3.24. The second-order valence-electron chi connectivity index (χ2n) is 2.81. The van der Waals surface area contributed by atoms with Crippen LogP contribution in [-0.2, 0) is 10.2 Å². The highest BCUT2D eigenvalue weighted by atomic mass is 32.2. The predicted molar refractivity (Wildman–Crippen MR) is 57.5 cm³/mol. The van der Waals surface area contributed by atoms with Crippen LogP contribution in [-0.4, -0.2) is 22.5 Å². The minimum absolute atomic E-state index is 0.318. The molecule has 1 aromatic rings. The van der Waals surface area contributed by atoms with Gasteiger partial charge in [-0.05, 0) is 12.1 Å². The van der Waals surface area contributed by atoms with E-state index in [0.717, 1.165) is 4.31 Å². The number of anilines is 1. The molecule has 1 rings (SSSR count). The summed E-state index contributed by atoms with van der Waals surface area (Å²) >= 11 is 0. The monoisotopic (exact) mass is 225 g/mol. The highest BCUT2D eigenvalue weighted by Crippen LogP contribution is 2.19. The van der Waals surface area contributed by atoms with E-state index in [1.165, 1.54) is 14.1 Å². The first kappa shape index (κ1) is 11.5. The lowest BCUT2D eigenvalue weighted by atomic mass is 10.2. The van der Waals surface area contributed by atoms with Crippen molar-refractivity contribution in [3.8, 4) is 6.07 Å². The van der Waals surface area contributed by atoms with E-state index in [1.54, 1.807) is 24.3 Å². The number of rotatable bonds is 3. The summed E-state index contributed by atoms with van der Waals surface area (Å²) in [6.07, 6.45) is 0. The van der Waals surface area contributed by atoms with E-state index < -0.39 is 10.2 Å². The van der Waals surface area contributed by atoms with Crippen LogP contribution in [0.5, 0.6) is 0 Å². The van der Waals surface area contributed by atoms with Gasteiger partial charge in [0.15, 0.2) is 0 Å². The first-order valence-corrected chi connectivity index (χ1v) is 5.63. The maximum Gasteiger partial charge on any atom is 0.301 e. The quantitative estimate of drug-likeness (QED) is 0.812. The third kappa shape index (κ3) is 2.26. The Morgan fingerprint density at radius 1 is 1.40 bits per heavy atom. The highest BCUT2D eigenvalue weighted by Gasteiger charge is 2.17. The summed E-state index contributed by atoms with van der Waals surface area (Å²) in [6.45, 7) is 0. The summed E-state index contributed by atoms with van der Waals surface area (Å²) in [5, 5.41) is 8.81. The Kier molecular flexibility index (Phi) is 3.29. The number of nitriles is 1. The fraction of sp³-hybridized carbons (Fsp3) is 0.222. The van der Waals surface area contributed by atoms with Crippen molar-refractivity contribution in [2.45, 2.75) is 0 Å². The largest absolute Gasteiger partial charge is 0.301 e. The van der Waals surface area contributed by atoms with Gasteiger partial charge in [-0.2, -0.15) is 13.7 Å². The highest BCUT2D eigenvalue weighted by molar-refractivity contribution is 7.90.